The maximum Gasteiger partial charge on any atom is 0.418 e. The van der Waals surface area contributed by atoms with E-state index in [2.05, 4.69) is 15.8 Å². The van der Waals surface area contributed by atoms with E-state index in [1.807, 2.05) is 0 Å². The number of anilines is 2. The van der Waals surface area contributed by atoms with Gasteiger partial charge in [0.25, 0.3) is 5.91 Å². The molecule has 0 aliphatic rings. The molecular formula is C14H12F3N3O3. The number of hydrogen-bond donors (Lipinski definition) is 2. The molecule has 0 atom stereocenters. The Morgan fingerprint density at radius 3 is 2.39 bits per heavy atom. The molecule has 0 fully saturated rings. The Kier molecular flexibility index (Phi) is 4.39. The summed E-state index contributed by atoms with van der Waals surface area (Å²) < 4.78 is 44.1. The molecule has 0 saturated carbocycles. The van der Waals surface area contributed by atoms with E-state index in [1.165, 1.54) is 19.1 Å². The van der Waals surface area contributed by atoms with Crippen LogP contribution in [0.15, 0.2) is 28.8 Å². The molecule has 0 saturated heterocycles. The third kappa shape index (κ3) is 4.09. The number of nitrogens with zero attached hydrogens (tertiary/aromatic N) is 1. The summed E-state index contributed by atoms with van der Waals surface area (Å²) >= 11 is 0. The first-order chi connectivity index (χ1) is 10.7. The van der Waals surface area contributed by atoms with Gasteiger partial charge in [-0.1, -0.05) is 5.16 Å². The van der Waals surface area contributed by atoms with Gasteiger partial charge in [-0.3, -0.25) is 9.59 Å². The van der Waals surface area contributed by atoms with Crippen molar-refractivity contribution in [3.05, 3.63) is 41.3 Å². The fourth-order valence-electron chi connectivity index (χ4n) is 1.82. The van der Waals surface area contributed by atoms with Gasteiger partial charge in [0, 0.05) is 18.7 Å². The molecule has 1 heterocycles. The number of hydrogen-bond acceptors (Lipinski definition) is 4. The van der Waals surface area contributed by atoms with Crippen LogP contribution in [0.2, 0.25) is 0 Å². The van der Waals surface area contributed by atoms with E-state index in [9.17, 15) is 22.8 Å². The molecule has 0 radical (unpaired) electrons. The molecule has 0 aliphatic heterocycles. The van der Waals surface area contributed by atoms with Gasteiger partial charge >= 0.3 is 6.18 Å². The number of amides is 2. The van der Waals surface area contributed by atoms with E-state index < -0.39 is 29.2 Å². The highest BCUT2D eigenvalue weighted by Gasteiger charge is 2.34. The largest absolute Gasteiger partial charge is 0.418 e. The van der Waals surface area contributed by atoms with Gasteiger partial charge in [-0.2, -0.15) is 13.2 Å². The van der Waals surface area contributed by atoms with Crippen molar-refractivity contribution in [2.75, 3.05) is 10.6 Å². The second kappa shape index (κ2) is 6.11. The van der Waals surface area contributed by atoms with Crippen molar-refractivity contribution >= 4 is 23.2 Å². The molecule has 0 aliphatic carbocycles. The zero-order valence-corrected chi connectivity index (χ0v) is 12.1. The first-order valence-corrected chi connectivity index (χ1v) is 6.40. The van der Waals surface area contributed by atoms with Crippen LogP contribution in [0.4, 0.5) is 24.5 Å². The average Bonchev–Trinajstić information content (AvgIpc) is 2.85. The summed E-state index contributed by atoms with van der Waals surface area (Å²) in [5, 5.41) is 7.87. The van der Waals surface area contributed by atoms with Gasteiger partial charge in [0.15, 0.2) is 0 Å². The van der Waals surface area contributed by atoms with Crippen molar-refractivity contribution in [1.82, 2.24) is 5.16 Å². The highest BCUT2D eigenvalue weighted by Crippen LogP contribution is 2.36. The predicted octanol–water partition coefficient (Wildman–Crippen LogP) is 3.21. The smallest absolute Gasteiger partial charge is 0.351 e. The molecule has 6 nitrogen and oxygen atoms in total. The van der Waals surface area contributed by atoms with E-state index in [4.69, 9.17) is 4.52 Å². The maximum absolute atomic E-state index is 13.1. The molecule has 2 aromatic rings. The van der Waals surface area contributed by atoms with Gasteiger partial charge in [-0.15, -0.1) is 0 Å². The molecule has 0 bridgehead atoms. The molecule has 23 heavy (non-hydrogen) atoms. The summed E-state index contributed by atoms with van der Waals surface area (Å²) in [5.74, 6) is -1.57. The zero-order valence-electron chi connectivity index (χ0n) is 12.1. The van der Waals surface area contributed by atoms with Crippen LogP contribution in [-0.2, 0) is 11.0 Å². The lowest BCUT2D eigenvalue weighted by Crippen LogP contribution is -2.17. The fraction of sp³-hybridized carbons (Fsp3) is 0.214. The van der Waals surface area contributed by atoms with Crippen LogP contribution in [-0.4, -0.2) is 17.0 Å². The van der Waals surface area contributed by atoms with Gasteiger partial charge in [0.05, 0.1) is 16.9 Å². The number of alkyl halides is 3. The SMILES string of the molecule is CC(=O)Nc1ccc(NC(=O)c2cc(C)no2)c(C(F)(F)F)c1. The second-order valence-corrected chi connectivity index (χ2v) is 4.73. The molecule has 2 N–H and O–H groups in total. The van der Waals surface area contributed by atoms with Crippen LogP contribution in [0.1, 0.15) is 28.7 Å². The fourth-order valence-corrected chi connectivity index (χ4v) is 1.82. The number of halogens is 3. The van der Waals surface area contributed by atoms with Crippen molar-refractivity contribution in [2.45, 2.75) is 20.0 Å². The van der Waals surface area contributed by atoms with Crippen LogP contribution < -0.4 is 10.6 Å². The van der Waals surface area contributed by atoms with Crippen molar-refractivity contribution < 1.29 is 27.3 Å². The quantitative estimate of drug-likeness (QED) is 0.906. The lowest BCUT2D eigenvalue weighted by Gasteiger charge is -2.15. The number of carbonyl (C=O) groups excluding carboxylic acids is 2. The Balaban J connectivity index is 2.33. The normalized spacial score (nSPS) is 11.2. The lowest BCUT2D eigenvalue weighted by atomic mass is 10.1. The molecule has 2 rings (SSSR count). The summed E-state index contributed by atoms with van der Waals surface area (Å²) in [6, 6.07) is 4.34. The molecule has 0 unspecified atom stereocenters. The van der Waals surface area contributed by atoms with Crippen LogP contribution in [0.25, 0.3) is 0 Å². The minimum absolute atomic E-state index is 0.0293. The third-order valence-corrected chi connectivity index (χ3v) is 2.75. The Bertz CT molecular complexity index is 753. The standard InChI is InChI=1S/C14H12F3N3O3/c1-7-5-12(23-20-7)13(22)19-11-4-3-9(18-8(2)21)6-10(11)14(15,16)17/h3-6H,1-2H3,(H,18,21)(H,19,22). The molecular weight excluding hydrogens is 315 g/mol. The molecule has 2 amide bonds. The van der Waals surface area contributed by atoms with Crippen LogP contribution in [0, 0.1) is 6.92 Å². The van der Waals surface area contributed by atoms with Crippen molar-refractivity contribution in [1.29, 1.82) is 0 Å². The molecule has 9 heteroatoms. The second-order valence-electron chi connectivity index (χ2n) is 4.73. The van der Waals surface area contributed by atoms with Crippen molar-refractivity contribution in [3.63, 3.8) is 0 Å². The number of aromatic nitrogens is 1. The minimum Gasteiger partial charge on any atom is -0.351 e. The van der Waals surface area contributed by atoms with Gasteiger partial charge in [-0.25, -0.2) is 0 Å². The average molecular weight is 327 g/mol. The summed E-state index contributed by atoms with van der Waals surface area (Å²) in [5.41, 5.74) is -1.15. The first kappa shape index (κ1) is 16.5. The van der Waals surface area contributed by atoms with Crippen LogP contribution in [0.3, 0.4) is 0 Å². The Labute approximate surface area is 128 Å². The van der Waals surface area contributed by atoms with Crippen molar-refractivity contribution in [3.8, 4) is 0 Å². The predicted molar refractivity (Wildman–Crippen MR) is 74.9 cm³/mol. The van der Waals surface area contributed by atoms with Gasteiger partial charge < -0.3 is 15.2 Å². The minimum atomic E-state index is -4.71. The third-order valence-electron chi connectivity index (χ3n) is 2.75. The van der Waals surface area contributed by atoms with E-state index in [-0.39, 0.29) is 11.4 Å². The lowest BCUT2D eigenvalue weighted by molar-refractivity contribution is -0.137. The topological polar surface area (TPSA) is 84.2 Å². The van der Waals surface area contributed by atoms with Gasteiger partial charge in [0.1, 0.15) is 0 Å². The monoisotopic (exact) mass is 327 g/mol. The highest BCUT2D eigenvalue weighted by molar-refractivity contribution is 6.03. The number of aryl methyl sites for hydroxylation is 1. The number of benzene rings is 1. The van der Waals surface area contributed by atoms with Gasteiger partial charge in [-0.05, 0) is 25.1 Å². The first-order valence-electron chi connectivity index (χ1n) is 6.40. The highest BCUT2D eigenvalue weighted by atomic mass is 19.4. The van der Waals surface area contributed by atoms with E-state index in [0.717, 1.165) is 12.1 Å². The van der Waals surface area contributed by atoms with E-state index in [0.29, 0.717) is 5.69 Å². The van der Waals surface area contributed by atoms with Crippen LogP contribution in [0.5, 0.6) is 0 Å². The van der Waals surface area contributed by atoms with E-state index in [1.54, 1.807) is 6.92 Å². The maximum atomic E-state index is 13.1. The summed E-state index contributed by atoms with van der Waals surface area (Å²) in [6.45, 7) is 2.75. The summed E-state index contributed by atoms with van der Waals surface area (Å²) in [4.78, 5) is 22.8. The van der Waals surface area contributed by atoms with Gasteiger partial charge in [0.2, 0.25) is 11.7 Å². The Morgan fingerprint density at radius 2 is 1.87 bits per heavy atom. The zero-order chi connectivity index (χ0) is 17.2. The Hall–Kier alpha value is -2.84. The molecule has 1 aromatic carbocycles. The molecule has 122 valence electrons. The van der Waals surface area contributed by atoms with Crippen LogP contribution >= 0.6 is 0 Å². The summed E-state index contributed by atoms with van der Waals surface area (Å²) in [6.07, 6.45) is -4.71. The number of rotatable bonds is 3. The molecule has 0 spiro atoms. The number of nitrogens with one attached hydrogen (secondary N) is 2. The van der Waals surface area contributed by atoms with E-state index >= 15 is 0 Å². The van der Waals surface area contributed by atoms with Crippen molar-refractivity contribution in [2.24, 2.45) is 0 Å². The summed E-state index contributed by atoms with van der Waals surface area (Å²) in [7, 11) is 0. The molecule has 1 aromatic heterocycles. The Morgan fingerprint density at radius 1 is 1.17 bits per heavy atom. The number of carbonyl (C=O) groups is 2.